The van der Waals surface area contributed by atoms with E-state index in [9.17, 15) is 14.0 Å². The topological polar surface area (TPSA) is 127 Å². The molecule has 0 radical (unpaired) electrons. The molecule has 11 heteroatoms. The summed E-state index contributed by atoms with van der Waals surface area (Å²) in [5.41, 5.74) is 6.84. The summed E-state index contributed by atoms with van der Waals surface area (Å²) in [6.07, 6.45) is 3.62. The van der Waals surface area contributed by atoms with E-state index in [2.05, 4.69) is 20.7 Å². The molecule has 0 unspecified atom stereocenters. The molecule has 208 valence electrons. The van der Waals surface area contributed by atoms with Gasteiger partial charge in [0, 0.05) is 57.0 Å². The molecule has 2 fully saturated rings. The molecule has 2 aliphatic rings. The summed E-state index contributed by atoms with van der Waals surface area (Å²) in [6.45, 7) is 3.78. The van der Waals surface area contributed by atoms with Crippen LogP contribution in [0.4, 0.5) is 19.7 Å². The lowest BCUT2D eigenvalue weighted by molar-refractivity contribution is -0.00885. The van der Waals surface area contributed by atoms with Crippen LogP contribution in [0.2, 0.25) is 0 Å². The van der Waals surface area contributed by atoms with E-state index in [1.807, 2.05) is 11.9 Å². The van der Waals surface area contributed by atoms with Gasteiger partial charge in [0.15, 0.2) is 0 Å². The minimum atomic E-state index is -0.549. The van der Waals surface area contributed by atoms with Crippen molar-refractivity contribution in [3.05, 3.63) is 29.6 Å². The number of methoxy groups -OCH3 is 1. The summed E-state index contributed by atoms with van der Waals surface area (Å²) in [5, 5.41) is 8.98. The molecule has 0 spiro atoms. The summed E-state index contributed by atoms with van der Waals surface area (Å²) in [5.74, 6) is -0.0621. The van der Waals surface area contributed by atoms with Crippen LogP contribution in [0.3, 0.4) is 0 Å². The Morgan fingerprint density at radius 3 is 2.81 bits per heavy atom. The minimum absolute atomic E-state index is 0.00374. The number of ether oxygens (including phenoxy) is 3. The second kappa shape index (κ2) is 14.9. The smallest absolute Gasteiger partial charge is 0.406 e. The second-order valence-corrected chi connectivity index (χ2v) is 9.90. The van der Waals surface area contributed by atoms with Gasteiger partial charge in [0.25, 0.3) is 0 Å². The van der Waals surface area contributed by atoms with Gasteiger partial charge in [-0.2, -0.15) is 0 Å². The van der Waals surface area contributed by atoms with Crippen molar-refractivity contribution in [3.63, 3.8) is 0 Å². The van der Waals surface area contributed by atoms with Gasteiger partial charge >= 0.3 is 12.1 Å². The first-order valence-electron chi connectivity index (χ1n) is 13.2. The molecule has 3 amide bonds. The van der Waals surface area contributed by atoms with Gasteiger partial charge < -0.3 is 40.8 Å². The molecule has 1 aromatic rings. The SMILES string of the molecule is CNC[C@H](C[C@H]1CCCOC1)NC(=O)N1CCC[C@@H]([C@@H](OCCNC(=O)OC)c2cc(N)cc(F)c2)C1. The molecule has 2 saturated heterocycles. The molecular weight excluding hydrogens is 481 g/mol. The second-order valence-electron chi connectivity index (χ2n) is 9.90. The van der Waals surface area contributed by atoms with Crippen molar-refractivity contribution in [1.82, 2.24) is 20.9 Å². The van der Waals surface area contributed by atoms with Crippen LogP contribution in [-0.4, -0.2) is 83.2 Å². The highest BCUT2D eigenvalue weighted by atomic mass is 19.1. The summed E-state index contributed by atoms with van der Waals surface area (Å²) < 4.78 is 30.6. The Balaban J connectivity index is 1.65. The van der Waals surface area contributed by atoms with E-state index in [-0.39, 0.29) is 31.1 Å². The molecule has 5 N–H and O–H groups in total. The van der Waals surface area contributed by atoms with Gasteiger partial charge in [-0.15, -0.1) is 0 Å². The largest absolute Gasteiger partial charge is 0.453 e. The molecule has 2 heterocycles. The van der Waals surface area contributed by atoms with E-state index >= 15 is 0 Å². The Hall–Kier alpha value is -2.63. The van der Waals surface area contributed by atoms with Crippen molar-refractivity contribution in [2.24, 2.45) is 11.8 Å². The third kappa shape index (κ3) is 9.32. The van der Waals surface area contributed by atoms with Gasteiger partial charge in [-0.3, -0.25) is 0 Å². The molecule has 0 bridgehead atoms. The van der Waals surface area contributed by atoms with E-state index in [4.69, 9.17) is 15.2 Å². The standard InChI is InChI=1S/C26H42FN5O5/c1-29-15-23(11-18-5-4-9-36-17-18)31-25(33)32-8-3-6-19(16-32)24(37-10-7-30-26(34)35-2)20-12-21(27)14-22(28)13-20/h12-14,18-19,23-24,29H,3-11,15-17,28H2,1-2H3,(H,30,34)(H,31,33)/t18-,19-,23+,24-/m1/s1. The highest BCUT2D eigenvalue weighted by Crippen LogP contribution is 2.34. The molecule has 1 aromatic carbocycles. The predicted octanol–water partition coefficient (Wildman–Crippen LogP) is 2.65. The number of anilines is 1. The number of nitrogens with two attached hydrogens (primary N) is 1. The molecule has 0 aliphatic carbocycles. The number of carbonyl (C=O) groups excluding carboxylic acids is 2. The van der Waals surface area contributed by atoms with Gasteiger partial charge in [-0.1, -0.05) is 0 Å². The number of carbonyl (C=O) groups is 2. The van der Waals surface area contributed by atoms with Crippen molar-refractivity contribution in [2.75, 3.05) is 65.9 Å². The molecule has 3 rings (SSSR count). The number of hydrogen-bond acceptors (Lipinski definition) is 7. The first-order valence-corrected chi connectivity index (χ1v) is 13.2. The number of nitrogens with zero attached hydrogens (tertiary/aromatic N) is 1. The molecule has 0 saturated carbocycles. The fraction of sp³-hybridized carbons (Fsp3) is 0.692. The van der Waals surface area contributed by atoms with Crippen LogP contribution in [0.1, 0.15) is 43.8 Å². The van der Waals surface area contributed by atoms with Crippen LogP contribution in [0.15, 0.2) is 18.2 Å². The van der Waals surface area contributed by atoms with Crippen LogP contribution >= 0.6 is 0 Å². The maximum Gasteiger partial charge on any atom is 0.406 e. The van der Waals surface area contributed by atoms with Gasteiger partial charge in [-0.25, -0.2) is 14.0 Å². The van der Waals surface area contributed by atoms with Crippen LogP contribution in [0.25, 0.3) is 0 Å². The van der Waals surface area contributed by atoms with Gasteiger partial charge in [0.2, 0.25) is 0 Å². The number of urea groups is 1. The zero-order valence-electron chi connectivity index (χ0n) is 22.0. The highest BCUT2D eigenvalue weighted by molar-refractivity contribution is 5.74. The van der Waals surface area contributed by atoms with Gasteiger partial charge in [-0.05, 0) is 68.8 Å². The number of likely N-dealkylation sites (N-methyl/N-ethyl adjacent to an activating group) is 1. The molecule has 37 heavy (non-hydrogen) atoms. The van der Waals surface area contributed by atoms with Crippen molar-refractivity contribution >= 4 is 17.8 Å². The van der Waals surface area contributed by atoms with Crippen LogP contribution in [-0.2, 0) is 14.2 Å². The first kappa shape index (κ1) is 28.9. The van der Waals surface area contributed by atoms with Crippen molar-refractivity contribution in [3.8, 4) is 0 Å². The molecule has 10 nitrogen and oxygen atoms in total. The fourth-order valence-electron chi connectivity index (χ4n) is 5.26. The summed E-state index contributed by atoms with van der Waals surface area (Å²) in [7, 11) is 3.18. The number of nitrogens with one attached hydrogen (secondary N) is 3. The zero-order valence-corrected chi connectivity index (χ0v) is 22.0. The number of nitrogen functional groups attached to an aromatic ring is 1. The summed E-state index contributed by atoms with van der Waals surface area (Å²) in [6, 6.07) is 4.29. The Morgan fingerprint density at radius 2 is 2.11 bits per heavy atom. The monoisotopic (exact) mass is 523 g/mol. The van der Waals surface area contributed by atoms with E-state index < -0.39 is 18.0 Å². The lowest BCUT2D eigenvalue weighted by atomic mass is 9.88. The number of rotatable bonds is 11. The number of likely N-dealkylation sites (tertiary alicyclic amines) is 1. The average molecular weight is 524 g/mol. The fourth-order valence-corrected chi connectivity index (χ4v) is 5.26. The Kier molecular flexibility index (Phi) is 11.7. The minimum Gasteiger partial charge on any atom is -0.453 e. The van der Waals surface area contributed by atoms with E-state index in [0.717, 1.165) is 45.3 Å². The van der Waals surface area contributed by atoms with Gasteiger partial charge in [0.05, 0.1) is 19.8 Å². The normalized spacial score (nSPS) is 21.6. The highest BCUT2D eigenvalue weighted by Gasteiger charge is 2.32. The van der Waals surface area contributed by atoms with Crippen molar-refractivity contribution in [1.29, 1.82) is 0 Å². The third-order valence-corrected chi connectivity index (χ3v) is 6.95. The van der Waals surface area contributed by atoms with Crippen molar-refractivity contribution in [2.45, 2.75) is 44.2 Å². The Labute approximate surface area is 218 Å². The van der Waals surface area contributed by atoms with Crippen LogP contribution in [0.5, 0.6) is 0 Å². The number of amides is 3. The van der Waals surface area contributed by atoms with Crippen LogP contribution in [0, 0.1) is 17.7 Å². The van der Waals surface area contributed by atoms with Crippen LogP contribution < -0.4 is 21.7 Å². The number of alkyl carbamates (subject to hydrolysis) is 1. The quantitative estimate of drug-likeness (QED) is 0.259. The maximum atomic E-state index is 14.2. The van der Waals surface area contributed by atoms with Gasteiger partial charge in [0.1, 0.15) is 5.82 Å². The first-order chi connectivity index (χ1) is 17.9. The Bertz CT molecular complexity index is 850. The van der Waals surface area contributed by atoms with E-state index in [0.29, 0.717) is 36.8 Å². The third-order valence-electron chi connectivity index (χ3n) is 6.95. The predicted molar refractivity (Wildman–Crippen MR) is 139 cm³/mol. The average Bonchev–Trinajstić information content (AvgIpc) is 2.88. The molecular formula is C26H42FN5O5. The zero-order chi connectivity index (χ0) is 26.6. The summed E-state index contributed by atoms with van der Waals surface area (Å²) >= 11 is 0. The number of benzene rings is 1. The summed E-state index contributed by atoms with van der Waals surface area (Å²) in [4.78, 5) is 26.5. The number of hydrogen-bond donors (Lipinski definition) is 4. The molecule has 4 atom stereocenters. The number of halogens is 1. The lowest BCUT2D eigenvalue weighted by Gasteiger charge is -2.38. The lowest BCUT2D eigenvalue weighted by Crippen LogP contribution is -2.52. The van der Waals surface area contributed by atoms with E-state index in [1.54, 1.807) is 6.07 Å². The van der Waals surface area contributed by atoms with E-state index in [1.165, 1.54) is 19.2 Å². The Morgan fingerprint density at radius 1 is 1.27 bits per heavy atom. The molecule has 2 aliphatic heterocycles. The maximum absolute atomic E-state index is 14.2. The van der Waals surface area contributed by atoms with Crippen molar-refractivity contribution < 1.29 is 28.2 Å². The number of piperidine rings is 1. The molecule has 0 aromatic heterocycles.